The number of nitrogens with two attached hydrogens (primary N) is 1. The van der Waals surface area contributed by atoms with Gasteiger partial charge >= 0.3 is 0 Å². The molecule has 0 aromatic heterocycles. The largest absolute Gasteiger partial charge is 0.368 e. The van der Waals surface area contributed by atoms with Gasteiger partial charge in [0.15, 0.2) is 0 Å². The Bertz CT molecular complexity index is 169. The second kappa shape index (κ2) is 4.86. The van der Waals surface area contributed by atoms with E-state index in [1.54, 1.807) is 0 Å². The lowest BCUT2D eigenvalue weighted by Gasteiger charge is -2.38. The molecule has 0 spiro atoms. The summed E-state index contributed by atoms with van der Waals surface area (Å²) in [6.07, 6.45) is 3.46. The van der Waals surface area contributed by atoms with Crippen molar-refractivity contribution in [2.45, 2.75) is 51.2 Å². The van der Waals surface area contributed by atoms with Gasteiger partial charge in [-0.2, -0.15) is 11.8 Å². The minimum Gasteiger partial charge on any atom is -0.368 e. The molecule has 0 aromatic carbocycles. The fourth-order valence-electron chi connectivity index (χ4n) is 1.98. The summed E-state index contributed by atoms with van der Waals surface area (Å²) in [7, 11) is 0. The van der Waals surface area contributed by atoms with Crippen molar-refractivity contribution in [1.29, 1.82) is 0 Å². The quantitative estimate of drug-likeness (QED) is 0.771. The van der Waals surface area contributed by atoms with Gasteiger partial charge in [0.05, 0.1) is 11.2 Å². The summed E-state index contributed by atoms with van der Waals surface area (Å²) < 4.78 is 6.16. The molecule has 1 atom stereocenters. The minimum atomic E-state index is -0.0750. The van der Waals surface area contributed by atoms with Gasteiger partial charge in [-0.15, -0.1) is 0 Å². The number of thioether (sulfide) groups is 1. The minimum absolute atomic E-state index is 0.0538. The average molecular weight is 217 g/mol. The zero-order valence-electron chi connectivity index (χ0n) is 9.64. The van der Waals surface area contributed by atoms with E-state index in [9.17, 15) is 0 Å². The summed E-state index contributed by atoms with van der Waals surface area (Å²) >= 11 is 2.02. The molecule has 1 saturated heterocycles. The lowest BCUT2D eigenvalue weighted by Crippen LogP contribution is -2.46. The fourth-order valence-corrected chi connectivity index (χ4v) is 3.05. The van der Waals surface area contributed by atoms with E-state index in [1.165, 1.54) is 17.9 Å². The highest BCUT2D eigenvalue weighted by molar-refractivity contribution is 7.99. The molecule has 2 nitrogen and oxygen atoms in total. The second-order valence-electron chi connectivity index (χ2n) is 5.07. The number of ether oxygens (including phenoxy) is 1. The molecule has 0 radical (unpaired) electrons. The van der Waals surface area contributed by atoms with E-state index in [4.69, 9.17) is 10.5 Å². The summed E-state index contributed by atoms with van der Waals surface area (Å²) in [5, 5.41) is 0. The number of rotatable bonds is 2. The molecule has 84 valence electrons. The van der Waals surface area contributed by atoms with Gasteiger partial charge in [0.25, 0.3) is 0 Å². The molecule has 14 heavy (non-hydrogen) atoms. The maximum absolute atomic E-state index is 6.16. The van der Waals surface area contributed by atoms with Crippen LogP contribution in [0.1, 0.15) is 40.0 Å². The summed E-state index contributed by atoms with van der Waals surface area (Å²) in [6, 6.07) is 0. The molecular formula is C11H23NOS. The van der Waals surface area contributed by atoms with Gasteiger partial charge in [-0.1, -0.05) is 0 Å². The van der Waals surface area contributed by atoms with E-state index in [2.05, 4.69) is 20.8 Å². The van der Waals surface area contributed by atoms with Gasteiger partial charge < -0.3 is 10.5 Å². The Morgan fingerprint density at radius 1 is 1.29 bits per heavy atom. The Hall–Kier alpha value is 0.270. The van der Waals surface area contributed by atoms with Crippen LogP contribution in [0.5, 0.6) is 0 Å². The van der Waals surface area contributed by atoms with Crippen molar-refractivity contribution in [3.63, 3.8) is 0 Å². The molecular weight excluding hydrogens is 194 g/mol. The summed E-state index contributed by atoms with van der Waals surface area (Å²) in [5.74, 6) is 2.45. The average Bonchev–Trinajstić information content (AvgIpc) is 2.28. The topological polar surface area (TPSA) is 35.2 Å². The van der Waals surface area contributed by atoms with Crippen LogP contribution in [-0.4, -0.2) is 29.3 Å². The van der Waals surface area contributed by atoms with Crippen LogP contribution >= 0.6 is 11.8 Å². The molecule has 1 aliphatic rings. The van der Waals surface area contributed by atoms with E-state index >= 15 is 0 Å². The number of hydrogen-bond acceptors (Lipinski definition) is 3. The maximum Gasteiger partial charge on any atom is 0.0819 e. The van der Waals surface area contributed by atoms with Crippen molar-refractivity contribution in [3.05, 3.63) is 0 Å². The van der Waals surface area contributed by atoms with Gasteiger partial charge in [0.1, 0.15) is 0 Å². The van der Waals surface area contributed by atoms with Crippen molar-refractivity contribution >= 4 is 11.8 Å². The SMILES string of the molecule is CC(C)(C)OC1(CN)CCCSCC1. The van der Waals surface area contributed by atoms with E-state index in [0.717, 1.165) is 12.8 Å². The first-order valence-corrected chi connectivity index (χ1v) is 6.61. The summed E-state index contributed by atoms with van der Waals surface area (Å²) in [4.78, 5) is 0. The van der Waals surface area contributed by atoms with Crippen molar-refractivity contribution < 1.29 is 4.74 Å². The van der Waals surface area contributed by atoms with E-state index in [1.807, 2.05) is 11.8 Å². The van der Waals surface area contributed by atoms with E-state index in [-0.39, 0.29) is 11.2 Å². The van der Waals surface area contributed by atoms with E-state index < -0.39 is 0 Å². The third-order valence-electron chi connectivity index (χ3n) is 2.52. The molecule has 0 aromatic rings. The molecule has 1 fully saturated rings. The molecule has 0 aliphatic carbocycles. The smallest absolute Gasteiger partial charge is 0.0819 e. The van der Waals surface area contributed by atoms with Crippen molar-refractivity contribution in [1.82, 2.24) is 0 Å². The highest BCUT2D eigenvalue weighted by atomic mass is 32.2. The predicted molar refractivity (Wildman–Crippen MR) is 63.8 cm³/mol. The zero-order chi connectivity index (χ0) is 10.7. The van der Waals surface area contributed by atoms with Gasteiger partial charge in [-0.05, 0) is 51.5 Å². The van der Waals surface area contributed by atoms with Gasteiger partial charge in [-0.3, -0.25) is 0 Å². The summed E-state index contributed by atoms with van der Waals surface area (Å²) in [5.41, 5.74) is 5.75. The van der Waals surface area contributed by atoms with Crippen molar-refractivity contribution in [2.75, 3.05) is 18.1 Å². The molecule has 1 heterocycles. The van der Waals surface area contributed by atoms with Crippen LogP contribution in [0.25, 0.3) is 0 Å². The maximum atomic E-state index is 6.16. The normalized spacial score (nSPS) is 30.0. The molecule has 0 saturated carbocycles. The highest BCUT2D eigenvalue weighted by Gasteiger charge is 2.34. The van der Waals surface area contributed by atoms with E-state index in [0.29, 0.717) is 6.54 Å². The Morgan fingerprint density at radius 3 is 2.57 bits per heavy atom. The van der Waals surface area contributed by atoms with Crippen molar-refractivity contribution in [2.24, 2.45) is 5.73 Å². The molecule has 0 bridgehead atoms. The Balaban J connectivity index is 2.63. The first kappa shape index (κ1) is 12.3. The molecule has 1 rings (SSSR count). The molecule has 3 heteroatoms. The van der Waals surface area contributed by atoms with Crippen LogP contribution in [0, 0.1) is 0 Å². The molecule has 0 amide bonds. The lowest BCUT2D eigenvalue weighted by atomic mass is 9.93. The first-order chi connectivity index (χ1) is 6.47. The first-order valence-electron chi connectivity index (χ1n) is 5.45. The molecule has 1 aliphatic heterocycles. The van der Waals surface area contributed by atoms with Gasteiger partial charge in [0, 0.05) is 6.54 Å². The Morgan fingerprint density at radius 2 is 2.00 bits per heavy atom. The second-order valence-corrected chi connectivity index (χ2v) is 6.29. The van der Waals surface area contributed by atoms with Crippen LogP contribution in [-0.2, 0) is 4.74 Å². The van der Waals surface area contributed by atoms with Crippen LogP contribution in [0.15, 0.2) is 0 Å². The standard InChI is InChI=1S/C11H23NOS/c1-10(2,3)13-11(9-12)5-4-7-14-8-6-11/h4-9,12H2,1-3H3. The van der Waals surface area contributed by atoms with Crippen molar-refractivity contribution in [3.8, 4) is 0 Å². The van der Waals surface area contributed by atoms with Crippen LogP contribution < -0.4 is 5.73 Å². The lowest BCUT2D eigenvalue weighted by molar-refractivity contribution is -0.131. The third-order valence-corrected chi connectivity index (χ3v) is 3.59. The Kier molecular flexibility index (Phi) is 4.29. The summed E-state index contributed by atoms with van der Waals surface area (Å²) in [6.45, 7) is 7.00. The number of hydrogen-bond donors (Lipinski definition) is 1. The Labute approximate surface area is 92.0 Å². The zero-order valence-corrected chi connectivity index (χ0v) is 10.5. The monoisotopic (exact) mass is 217 g/mol. The molecule has 1 unspecified atom stereocenters. The fraction of sp³-hybridized carbons (Fsp3) is 1.00. The van der Waals surface area contributed by atoms with Gasteiger partial charge in [-0.25, -0.2) is 0 Å². The predicted octanol–water partition coefficient (Wildman–Crippen LogP) is 2.42. The van der Waals surface area contributed by atoms with Crippen LogP contribution in [0.2, 0.25) is 0 Å². The van der Waals surface area contributed by atoms with Gasteiger partial charge in [0.2, 0.25) is 0 Å². The molecule has 2 N–H and O–H groups in total. The highest BCUT2D eigenvalue weighted by Crippen LogP contribution is 2.32. The third kappa shape index (κ3) is 3.79. The van der Waals surface area contributed by atoms with Crippen LogP contribution in [0.3, 0.4) is 0 Å². The van der Waals surface area contributed by atoms with Crippen LogP contribution in [0.4, 0.5) is 0 Å².